The number of anilines is 1. The minimum Gasteiger partial charge on any atom is -0.481 e. The summed E-state index contributed by atoms with van der Waals surface area (Å²) in [6, 6.07) is 5.64. The molecule has 0 spiro atoms. The number of carbonyl (C=O) groups is 2. The van der Waals surface area contributed by atoms with E-state index in [4.69, 9.17) is 5.11 Å². The fourth-order valence-electron chi connectivity index (χ4n) is 2.22. The Kier molecular flexibility index (Phi) is 3.94. The van der Waals surface area contributed by atoms with Crippen LogP contribution >= 0.6 is 15.9 Å². The predicted molar refractivity (Wildman–Crippen MR) is 76.0 cm³/mol. The van der Waals surface area contributed by atoms with Gasteiger partial charge in [0.25, 0.3) is 0 Å². The van der Waals surface area contributed by atoms with Crippen molar-refractivity contribution < 1.29 is 14.7 Å². The minimum atomic E-state index is -0.829. The Morgan fingerprint density at radius 1 is 1.37 bits per heavy atom. The van der Waals surface area contributed by atoms with Crippen LogP contribution in [-0.2, 0) is 9.59 Å². The average Bonchev–Trinajstić information content (AvgIpc) is 3.00. The number of aliphatic carboxylic acids is 1. The minimum absolute atomic E-state index is 0.0831. The molecule has 5 heteroatoms. The summed E-state index contributed by atoms with van der Waals surface area (Å²) >= 11 is 3.37. The van der Waals surface area contributed by atoms with Gasteiger partial charge >= 0.3 is 5.97 Å². The van der Waals surface area contributed by atoms with Gasteiger partial charge < -0.3 is 10.4 Å². The maximum Gasteiger partial charge on any atom is 0.303 e. The maximum atomic E-state index is 12.0. The Morgan fingerprint density at radius 3 is 2.58 bits per heavy atom. The molecule has 0 heterocycles. The van der Waals surface area contributed by atoms with E-state index in [1.807, 2.05) is 25.1 Å². The zero-order valence-corrected chi connectivity index (χ0v) is 12.3. The van der Waals surface area contributed by atoms with Crippen molar-refractivity contribution >= 4 is 33.5 Å². The molecule has 2 N–H and O–H groups in total. The lowest BCUT2D eigenvalue weighted by molar-refractivity contribution is -0.138. The molecular formula is C14H16BrNO3. The number of amides is 1. The molecule has 2 rings (SSSR count). The van der Waals surface area contributed by atoms with Crippen molar-refractivity contribution in [2.24, 2.45) is 5.41 Å². The van der Waals surface area contributed by atoms with Crippen LogP contribution in [0.2, 0.25) is 0 Å². The van der Waals surface area contributed by atoms with E-state index >= 15 is 0 Å². The van der Waals surface area contributed by atoms with E-state index in [2.05, 4.69) is 21.2 Å². The fourth-order valence-corrected chi connectivity index (χ4v) is 2.69. The van der Waals surface area contributed by atoms with Crippen molar-refractivity contribution in [3.8, 4) is 0 Å². The molecular weight excluding hydrogens is 310 g/mol. The monoisotopic (exact) mass is 325 g/mol. The first-order valence-corrected chi connectivity index (χ1v) is 6.97. The largest absolute Gasteiger partial charge is 0.481 e. The Balaban J connectivity index is 1.96. The van der Waals surface area contributed by atoms with Crippen LogP contribution in [0.4, 0.5) is 5.69 Å². The first-order valence-electron chi connectivity index (χ1n) is 6.18. The van der Waals surface area contributed by atoms with Gasteiger partial charge in [-0.3, -0.25) is 9.59 Å². The first kappa shape index (κ1) is 14.1. The Morgan fingerprint density at radius 2 is 2.05 bits per heavy atom. The highest BCUT2D eigenvalue weighted by atomic mass is 79.9. The number of aryl methyl sites for hydroxylation is 1. The van der Waals surface area contributed by atoms with E-state index in [1.54, 1.807) is 0 Å². The number of nitrogens with one attached hydrogen (secondary N) is 1. The molecule has 0 saturated heterocycles. The summed E-state index contributed by atoms with van der Waals surface area (Å²) in [7, 11) is 0. The van der Waals surface area contributed by atoms with Gasteiger partial charge in [0.2, 0.25) is 5.91 Å². The van der Waals surface area contributed by atoms with E-state index in [-0.39, 0.29) is 24.2 Å². The van der Waals surface area contributed by atoms with Gasteiger partial charge in [0, 0.05) is 16.6 Å². The van der Waals surface area contributed by atoms with Crippen LogP contribution < -0.4 is 5.32 Å². The molecule has 0 aromatic heterocycles. The number of carbonyl (C=O) groups excluding carboxylic acids is 1. The van der Waals surface area contributed by atoms with Crippen molar-refractivity contribution in [1.82, 2.24) is 0 Å². The molecule has 102 valence electrons. The summed E-state index contributed by atoms with van der Waals surface area (Å²) in [5, 5.41) is 11.7. The SMILES string of the molecule is Cc1cc(Br)ccc1NC(=O)CC1(CC(=O)O)CC1. The molecule has 1 saturated carbocycles. The summed E-state index contributed by atoms with van der Waals surface area (Å²) < 4.78 is 0.965. The van der Waals surface area contributed by atoms with Gasteiger partial charge in [-0.25, -0.2) is 0 Å². The second-order valence-corrected chi connectivity index (χ2v) is 6.17. The van der Waals surface area contributed by atoms with Crippen molar-refractivity contribution in [3.63, 3.8) is 0 Å². The summed E-state index contributed by atoms with van der Waals surface area (Å²) in [5.41, 5.74) is 1.45. The third-order valence-electron chi connectivity index (χ3n) is 3.48. The van der Waals surface area contributed by atoms with Crippen LogP contribution in [0, 0.1) is 12.3 Å². The van der Waals surface area contributed by atoms with E-state index in [9.17, 15) is 9.59 Å². The maximum absolute atomic E-state index is 12.0. The zero-order valence-electron chi connectivity index (χ0n) is 10.7. The van der Waals surface area contributed by atoms with Crippen LogP contribution in [-0.4, -0.2) is 17.0 Å². The zero-order chi connectivity index (χ0) is 14.0. The summed E-state index contributed by atoms with van der Waals surface area (Å²) in [5.74, 6) is -0.936. The number of hydrogen-bond donors (Lipinski definition) is 2. The Labute approximate surface area is 120 Å². The number of benzene rings is 1. The van der Waals surface area contributed by atoms with Crippen LogP contribution in [0.5, 0.6) is 0 Å². The fraction of sp³-hybridized carbons (Fsp3) is 0.429. The molecule has 1 aliphatic rings. The first-order chi connectivity index (χ1) is 8.90. The number of hydrogen-bond acceptors (Lipinski definition) is 2. The molecule has 1 aliphatic carbocycles. The van der Waals surface area contributed by atoms with Crippen LogP contribution in [0.15, 0.2) is 22.7 Å². The molecule has 1 fully saturated rings. The summed E-state index contributed by atoms with van der Waals surface area (Å²) in [4.78, 5) is 22.7. The third-order valence-corrected chi connectivity index (χ3v) is 3.97. The van der Waals surface area contributed by atoms with Gasteiger partial charge in [0.15, 0.2) is 0 Å². The van der Waals surface area contributed by atoms with Crippen LogP contribution in [0.3, 0.4) is 0 Å². The molecule has 0 aliphatic heterocycles. The normalized spacial score (nSPS) is 15.9. The molecule has 0 unspecified atom stereocenters. The van der Waals surface area contributed by atoms with Gasteiger partial charge in [-0.1, -0.05) is 15.9 Å². The Hall–Kier alpha value is -1.36. The molecule has 19 heavy (non-hydrogen) atoms. The van der Waals surface area contributed by atoms with Crippen LogP contribution in [0.1, 0.15) is 31.2 Å². The van der Waals surface area contributed by atoms with Crippen molar-refractivity contribution in [3.05, 3.63) is 28.2 Å². The second-order valence-electron chi connectivity index (χ2n) is 5.25. The second kappa shape index (κ2) is 5.33. The number of rotatable bonds is 5. The van der Waals surface area contributed by atoms with Crippen molar-refractivity contribution in [2.75, 3.05) is 5.32 Å². The van der Waals surface area contributed by atoms with Crippen molar-refractivity contribution in [2.45, 2.75) is 32.6 Å². The lowest BCUT2D eigenvalue weighted by atomic mass is 9.97. The highest BCUT2D eigenvalue weighted by Gasteiger charge is 2.45. The Bertz CT molecular complexity index is 523. The average molecular weight is 326 g/mol. The summed E-state index contributed by atoms with van der Waals surface area (Å²) in [6.45, 7) is 1.92. The molecule has 1 aromatic rings. The van der Waals surface area contributed by atoms with Gasteiger partial charge in [0.1, 0.15) is 0 Å². The van der Waals surface area contributed by atoms with E-state index in [0.717, 1.165) is 28.6 Å². The van der Waals surface area contributed by atoms with E-state index in [1.165, 1.54) is 0 Å². The van der Waals surface area contributed by atoms with Gasteiger partial charge in [0.05, 0.1) is 6.42 Å². The van der Waals surface area contributed by atoms with E-state index in [0.29, 0.717) is 0 Å². The van der Waals surface area contributed by atoms with Crippen molar-refractivity contribution in [1.29, 1.82) is 0 Å². The van der Waals surface area contributed by atoms with Crippen LogP contribution in [0.25, 0.3) is 0 Å². The molecule has 1 aromatic carbocycles. The predicted octanol–water partition coefficient (Wildman–Crippen LogP) is 3.34. The standard InChI is InChI=1S/C14H16BrNO3/c1-9-6-10(15)2-3-11(9)16-12(17)7-14(4-5-14)8-13(18)19/h2-3,6H,4-5,7-8H2,1H3,(H,16,17)(H,18,19). The highest BCUT2D eigenvalue weighted by Crippen LogP contribution is 2.51. The quantitative estimate of drug-likeness (QED) is 0.872. The molecule has 1 amide bonds. The lowest BCUT2D eigenvalue weighted by Gasteiger charge is -2.13. The molecule has 0 atom stereocenters. The lowest BCUT2D eigenvalue weighted by Crippen LogP contribution is -2.19. The molecule has 0 bridgehead atoms. The third kappa shape index (κ3) is 3.80. The van der Waals surface area contributed by atoms with Gasteiger partial charge in [-0.15, -0.1) is 0 Å². The van der Waals surface area contributed by atoms with E-state index < -0.39 is 5.97 Å². The smallest absolute Gasteiger partial charge is 0.303 e. The number of carboxylic acids is 1. The molecule has 4 nitrogen and oxygen atoms in total. The highest BCUT2D eigenvalue weighted by molar-refractivity contribution is 9.10. The van der Waals surface area contributed by atoms with Gasteiger partial charge in [-0.2, -0.15) is 0 Å². The number of carboxylic acid groups (broad SMARTS) is 1. The van der Waals surface area contributed by atoms with Gasteiger partial charge in [-0.05, 0) is 48.9 Å². The topological polar surface area (TPSA) is 66.4 Å². The molecule has 0 radical (unpaired) electrons. The number of halogens is 1. The summed E-state index contributed by atoms with van der Waals surface area (Å²) in [6.07, 6.45) is 2.02.